The number of carbonyl (C=O) groups excluding carboxylic acids is 2. The smallest absolute Gasteiger partial charge is 0.305 e. The molecule has 108 valence electrons. The summed E-state index contributed by atoms with van der Waals surface area (Å²) in [6, 6.07) is 0. The topological polar surface area (TPSA) is 63.6 Å². The van der Waals surface area contributed by atoms with E-state index in [0.29, 0.717) is 37.2 Å². The summed E-state index contributed by atoms with van der Waals surface area (Å²) in [5.41, 5.74) is -0.508. The number of ketones is 1. The van der Waals surface area contributed by atoms with Crippen LogP contribution in [0.15, 0.2) is 11.6 Å². The van der Waals surface area contributed by atoms with Gasteiger partial charge in [0.1, 0.15) is 0 Å². The highest BCUT2D eigenvalue weighted by Crippen LogP contribution is 2.34. The van der Waals surface area contributed by atoms with E-state index in [1.54, 1.807) is 6.92 Å². The van der Waals surface area contributed by atoms with Crippen molar-refractivity contribution in [2.24, 2.45) is 11.8 Å². The number of hydrogen-bond donors (Lipinski definition) is 1. The Morgan fingerprint density at radius 2 is 2.16 bits per heavy atom. The molecule has 1 N–H and O–H groups in total. The maximum atomic E-state index is 11.8. The van der Waals surface area contributed by atoms with Gasteiger partial charge in [-0.2, -0.15) is 0 Å². The Hall–Kier alpha value is -1.16. The second-order valence-corrected chi connectivity index (χ2v) is 5.80. The number of allylic oxidation sites excluding steroid dienone is 1. The first-order valence-corrected chi connectivity index (χ1v) is 6.82. The summed E-state index contributed by atoms with van der Waals surface area (Å²) >= 11 is 0. The third-order valence-corrected chi connectivity index (χ3v) is 3.87. The molecule has 1 aliphatic rings. The highest BCUT2D eigenvalue weighted by Gasteiger charge is 2.38. The fourth-order valence-corrected chi connectivity index (χ4v) is 2.41. The predicted molar refractivity (Wildman–Crippen MR) is 72.5 cm³/mol. The molecule has 0 unspecified atom stereocenters. The van der Waals surface area contributed by atoms with Crippen LogP contribution in [0.5, 0.6) is 0 Å². The van der Waals surface area contributed by atoms with Crippen LogP contribution >= 0.6 is 0 Å². The average molecular weight is 268 g/mol. The lowest BCUT2D eigenvalue weighted by Gasteiger charge is -2.22. The normalized spacial score (nSPS) is 27.1. The molecule has 0 spiro atoms. The van der Waals surface area contributed by atoms with Crippen molar-refractivity contribution < 1.29 is 19.4 Å². The monoisotopic (exact) mass is 268 g/mol. The van der Waals surface area contributed by atoms with Gasteiger partial charge in [-0.1, -0.05) is 19.9 Å². The van der Waals surface area contributed by atoms with Crippen molar-refractivity contribution in [2.45, 2.75) is 52.1 Å². The summed E-state index contributed by atoms with van der Waals surface area (Å²) in [6.45, 7) is 5.78. The molecule has 0 aromatic rings. The van der Waals surface area contributed by atoms with E-state index in [-0.39, 0.29) is 17.7 Å². The molecule has 0 heterocycles. The maximum Gasteiger partial charge on any atom is 0.305 e. The molecule has 0 radical (unpaired) electrons. The maximum absolute atomic E-state index is 11.8. The molecule has 2 atom stereocenters. The van der Waals surface area contributed by atoms with E-state index < -0.39 is 5.60 Å². The first kappa shape index (κ1) is 15.9. The molecule has 1 aliphatic carbocycles. The number of carbonyl (C=O) groups is 2. The van der Waals surface area contributed by atoms with Crippen molar-refractivity contribution in [3.8, 4) is 0 Å². The van der Waals surface area contributed by atoms with Crippen molar-refractivity contribution in [3.63, 3.8) is 0 Å². The molecule has 1 fully saturated rings. The van der Waals surface area contributed by atoms with Gasteiger partial charge in [0.25, 0.3) is 0 Å². The molecule has 0 bridgehead atoms. The minimum Gasteiger partial charge on any atom is -0.469 e. The van der Waals surface area contributed by atoms with Crippen molar-refractivity contribution in [1.82, 2.24) is 0 Å². The number of aliphatic hydroxyl groups is 1. The predicted octanol–water partition coefficient (Wildman–Crippen LogP) is 2.25. The van der Waals surface area contributed by atoms with E-state index in [0.717, 1.165) is 0 Å². The van der Waals surface area contributed by atoms with Gasteiger partial charge in [0.05, 0.1) is 12.7 Å². The van der Waals surface area contributed by atoms with Crippen LogP contribution in [0.25, 0.3) is 0 Å². The number of methoxy groups -OCH3 is 1. The minimum atomic E-state index is -1.02. The van der Waals surface area contributed by atoms with Gasteiger partial charge in [-0.15, -0.1) is 0 Å². The Morgan fingerprint density at radius 3 is 2.58 bits per heavy atom. The molecule has 0 aromatic heterocycles. The Kier molecular flexibility index (Phi) is 5.29. The van der Waals surface area contributed by atoms with Crippen LogP contribution in [0, 0.1) is 11.8 Å². The Bertz CT molecular complexity index is 380. The summed E-state index contributed by atoms with van der Waals surface area (Å²) in [5.74, 6) is 0.186. The van der Waals surface area contributed by atoms with E-state index >= 15 is 0 Å². The van der Waals surface area contributed by atoms with E-state index in [1.165, 1.54) is 7.11 Å². The fourth-order valence-electron chi connectivity index (χ4n) is 2.41. The summed E-state index contributed by atoms with van der Waals surface area (Å²) in [6.07, 6.45) is 3.72. The second-order valence-electron chi connectivity index (χ2n) is 5.80. The standard InChI is InChI=1S/C15H24O4/c1-10(2)11(5-6-14(17)19-4)9-12-13(16)7-8-15(12,3)18/h9-11,18H,5-8H2,1-4H3/t11-,15-/m0/s1. The molecule has 1 rings (SSSR count). The van der Waals surface area contributed by atoms with Crippen LogP contribution in [0.1, 0.15) is 46.5 Å². The summed E-state index contributed by atoms with van der Waals surface area (Å²) < 4.78 is 4.64. The molecule has 0 aromatic carbocycles. The highest BCUT2D eigenvalue weighted by molar-refractivity contribution is 5.99. The zero-order chi connectivity index (χ0) is 14.6. The molecule has 0 amide bonds. The molecule has 19 heavy (non-hydrogen) atoms. The zero-order valence-electron chi connectivity index (χ0n) is 12.2. The summed E-state index contributed by atoms with van der Waals surface area (Å²) in [4.78, 5) is 23.0. The molecule has 0 aliphatic heterocycles. The van der Waals surface area contributed by atoms with Gasteiger partial charge in [0, 0.05) is 18.4 Å². The van der Waals surface area contributed by atoms with Gasteiger partial charge < -0.3 is 9.84 Å². The number of Topliss-reactive ketones (excluding diaryl/α,β-unsaturated/α-hetero) is 1. The number of hydrogen-bond acceptors (Lipinski definition) is 4. The van der Waals surface area contributed by atoms with E-state index in [1.807, 2.05) is 19.9 Å². The first-order chi connectivity index (χ1) is 8.77. The van der Waals surface area contributed by atoms with E-state index in [9.17, 15) is 14.7 Å². The van der Waals surface area contributed by atoms with Gasteiger partial charge in [-0.05, 0) is 31.6 Å². The quantitative estimate of drug-likeness (QED) is 0.613. The Balaban J connectivity index is 2.82. The van der Waals surface area contributed by atoms with Gasteiger partial charge in [0.2, 0.25) is 0 Å². The van der Waals surface area contributed by atoms with Crippen LogP contribution < -0.4 is 0 Å². The van der Waals surface area contributed by atoms with Crippen molar-refractivity contribution in [3.05, 3.63) is 11.6 Å². The number of rotatable bonds is 5. The molecule has 1 saturated carbocycles. The zero-order valence-corrected chi connectivity index (χ0v) is 12.2. The average Bonchev–Trinajstić information content (AvgIpc) is 2.59. The minimum absolute atomic E-state index is 0.0220. The van der Waals surface area contributed by atoms with Crippen molar-refractivity contribution >= 4 is 11.8 Å². The lowest BCUT2D eigenvalue weighted by Crippen LogP contribution is -2.24. The molecule has 4 nitrogen and oxygen atoms in total. The lowest BCUT2D eigenvalue weighted by atomic mass is 9.86. The van der Waals surface area contributed by atoms with Gasteiger partial charge in [0.15, 0.2) is 5.78 Å². The SMILES string of the molecule is COC(=O)CC[C@@H](C=C1C(=O)CC[C@]1(C)O)C(C)C. The third-order valence-electron chi connectivity index (χ3n) is 3.87. The Morgan fingerprint density at radius 1 is 1.53 bits per heavy atom. The van der Waals surface area contributed by atoms with Crippen LogP contribution in [0.4, 0.5) is 0 Å². The van der Waals surface area contributed by atoms with Crippen LogP contribution in [0.3, 0.4) is 0 Å². The fraction of sp³-hybridized carbons (Fsp3) is 0.733. The van der Waals surface area contributed by atoms with Crippen LogP contribution in [-0.2, 0) is 14.3 Å². The van der Waals surface area contributed by atoms with Gasteiger partial charge in [-0.3, -0.25) is 9.59 Å². The number of esters is 1. The number of ether oxygens (including phenoxy) is 1. The first-order valence-electron chi connectivity index (χ1n) is 6.82. The summed E-state index contributed by atoms with van der Waals surface area (Å²) in [7, 11) is 1.37. The molecular weight excluding hydrogens is 244 g/mol. The molecule has 4 heteroatoms. The van der Waals surface area contributed by atoms with E-state index in [4.69, 9.17) is 0 Å². The largest absolute Gasteiger partial charge is 0.469 e. The third kappa shape index (κ3) is 4.16. The molecular formula is C15H24O4. The van der Waals surface area contributed by atoms with Crippen molar-refractivity contribution in [1.29, 1.82) is 0 Å². The lowest BCUT2D eigenvalue weighted by molar-refractivity contribution is -0.140. The van der Waals surface area contributed by atoms with Gasteiger partial charge in [-0.25, -0.2) is 0 Å². The van der Waals surface area contributed by atoms with Crippen molar-refractivity contribution in [2.75, 3.05) is 7.11 Å². The Labute approximate surface area is 114 Å². The van der Waals surface area contributed by atoms with Crippen LogP contribution in [-0.4, -0.2) is 29.6 Å². The van der Waals surface area contributed by atoms with Crippen LogP contribution in [0.2, 0.25) is 0 Å². The van der Waals surface area contributed by atoms with E-state index in [2.05, 4.69) is 4.74 Å². The highest BCUT2D eigenvalue weighted by atomic mass is 16.5. The van der Waals surface area contributed by atoms with Gasteiger partial charge >= 0.3 is 5.97 Å². The second kappa shape index (κ2) is 6.33. The molecule has 0 saturated heterocycles. The summed E-state index contributed by atoms with van der Waals surface area (Å²) in [5, 5.41) is 10.2.